The summed E-state index contributed by atoms with van der Waals surface area (Å²) in [5, 5.41) is 5.13. The molecule has 0 unspecified atom stereocenters. The normalized spacial score (nSPS) is 14.5. The van der Waals surface area contributed by atoms with E-state index in [2.05, 4.69) is 5.32 Å². The molecule has 3 aromatic rings. The Bertz CT molecular complexity index is 1010. The molecule has 4 rings (SSSR count). The van der Waals surface area contributed by atoms with E-state index in [-0.39, 0.29) is 17.9 Å². The number of piperidine rings is 1. The number of fused-ring (bicyclic) bond motifs is 1. The number of carbonyl (C=O) groups excluding carboxylic acids is 2. The Kier molecular flexibility index (Phi) is 6.28. The maximum Gasteiger partial charge on any atom is 0.254 e. The van der Waals surface area contributed by atoms with Crippen molar-refractivity contribution in [3.05, 3.63) is 78.4 Å². The summed E-state index contributed by atoms with van der Waals surface area (Å²) in [7, 11) is 0. The van der Waals surface area contributed by atoms with Crippen LogP contribution in [0.15, 0.2) is 72.8 Å². The van der Waals surface area contributed by atoms with Crippen LogP contribution in [0.25, 0.3) is 10.8 Å². The molecule has 1 heterocycles. The van der Waals surface area contributed by atoms with Gasteiger partial charge in [0.2, 0.25) is 5.91 Å². The average Bonchev–Trinajstić information content (AvgIpc) is 2.79. The topological polar surface area (TPSA) is 58.6 Å². The summed E-state index contributed by atoms with van der Waals surface area (Å²) in [5.41, 5.74) is 0.744. The van der Waals surface area contributed by atoms with Crippen LogP contribution in [0.4, 0.5) is 0 Å². The molecule has 0 saturated carbocycles. The monoisotopic (exact) mass is 402 g/mol. The number of amides is 2. The van der Waals surface area contributed by atoms with Crippen LogP contribution in [0, 0.1) is 0 Å². The first-order valence-electron chi connectivity index (χ1n) is 10.4. The van der Waals surface area contributed by atoms with Gasteiger partial charge in [-0.2, -0.15) is 0 Å². The molecule has 0 radical (unpaired) electrons. The second kappa shape index (κ2) is 9.44. The lowest BCUT2D eigenvalue weighted by Gasteiger charge is -2.32. The Morgan fingerprint density at radius 2 is 1.60 bits per heavy atom. The highest BCUT2D eigenvalue weighted by Crippen LogP contribution is 2.22. The SMILES string of the molecule is O=C(CCOc1ccccc1)NC1CCN(C(=O)c2cccc3ccccc23)CC1. The maximum absolute atomic E-state index is 13.0. The molecule has 0 aromatic heterocycles. The lowest BCUT2D eigenvalue weighted by molar-refractivity contribution is -0.122. The van der Waals surface area contributed by atoms with Gasteiger partial charge < -0.3 is 15.0 Å². The second-order valence-electron chi connectivity index (χ2n) is 7.57. The number of para-hydroxylation sites is 1. The molecule has 5 heteroatoms. The van der Waals surface area contributed by atoms with E-state index < -0.39 is 0 Å². The van der Waals surface area contributed by atoms with Crippen LogP contribution >= 0.6 is 0 Å². The van der Waals surface area contributed by atoms with Crippen LogP contribution in [-0.2, 0) is 4.79 Å². The first kappa shape index (κ1) is 20.0. The van der Waals surface area contributed by atoms with Gasteiger partial charge in [0.15, 0.2) is 0 Å². The zero-order chi connectivity index (χ0) is 20.8. The van der Waals surface area contributed by atoms with Crippen LogP contribution in [0.1, 0.15) is 29.6 Å². The van der Waals surface area contributed by atoms with E-state index in [9.17, 15) is 9.59 Å². The largest absolute Gasteiger partial charge is 0.493 e. The first-order chi connectivity index (χ1) is 14.7. The molecule has 2 amide bonds. The third-order valence-electron chi connectivity index (χ3n) is 5.51. The van der Waals surface area contributed by atoms with Crippen LogP contribution in [0.2, 0.25) is 0 Å². The van der Waals surface area contributed by atoms with E-state index in [1.165, 1.54) is 0 Å². The van der Waals surface area contributed by atoms with Crippen molar-refractivity contribution >= 4 is 22.6 Å². The van der Waals surface area contributed by atoms with E-state index in [0.29, 0.717) is 26.1 Å². The zero-order valence-corrected chi connectivity index (χ0v) is 16.9. The third-order valence-corrected chi connectivity index (χ3v) is 5.51. The number of likely N-dealkylation sites (tertiary alicyclic amines) is 1. The summed E-state index contributed by atoms with van der Waals surface area (Å²) in [6.45, 7) is 1.65. The quantitative estimate of drug-likeness (QED) is 0.677. The van der Waals surface area contributed by atoms with Gasteiger partial charge in [-0.15, -0.1) is 0 Å². The molecule has 1 fully saturated rings. The van der Waals surface area contributed by atoms with Gasteiger partial charge in [-0.25, -0.2) is 0 Å². The number of rotatable bonds is 6. The van der Waals surface area contributed by atoms with Gasteiger partial charge in [0, 0.05) is 24.7 Å². The van der Waals surface area contributed by atoms with Gasteiger partial charge in [-0.3, -0.25) is 9.59 Å². The summed E-state index contributed by atoms with van der Waals surface area (Å²) in [6.07, 6.45) is 1.85. The Balaban J connectivity index is 1.25. The number of ether oxygens (including phenoxy) is 1. The Hall–Kier alpha value is -3.34. The average molecular weight is 402 g/mol. The molecular formula is C25H26N2O3. The summed E-state index contributed by atoms with van der Waals surface area (Å²) in [5.74, 6) is 0.822. The highest BCUT2D eigenvalue weighted by Gasteiger charge is 2.25. The summed E-state index contributed by atoms with van der Waals surface area (Å²) in [4.78, 5) is 27.1. The summed E-state index contributed by atoms with van der Waals surface area (Å²) < 4.78 is 5.58. The van der Waals surface area contributed by atoms with Crippen molar-refractivity contribution in [3.63, 3.8) is 0 Å². The number of carbonyl (C=O) groups is 2. The Morgan fingerprint density at radius 1 is 0.900 bits per heavy atom. The highest BCUT2D eigenvalue weighted by atomic mass is 16.5. The maximum atomic E-state index is 13.0. The predicted octanol–water partition coefficient (Wildman–Crippen LogP) is 4.03. The smallest absolute Gasteiger partial charge is 0.254 e. The zero-order valence-electron chi connectivity index (χ0n) is 16.9. The third kappa shape index (κ3) is 4.79. The molecule has 3 aromatic carbocycles. The lowest BCUT2D eigenvalue weighted by atomic mass is 10.0. The van der Waals surface area contributed by atoms with Crippen molar-refractivity contribution < 1.29 is 14.3 Å². The van der Waals surface area contributed by atoms with E-state index in [0.717, 1.165) is 34.9 Å². The van der Waals surface area contributed by atoms with Gasteiger partial charge in [0.05, 0.1) is 13.0 Å². The molecule has 0 spiro atoms. The van der Waals surface area contributed by atoms with Crippen LogP contribution in [-0.4, -0.2) is 42.5 Å². The number of nitrogens with one attached hydrogen (secondary N) is 1. The minimum atomic E-state index is -0.00948. The molecule has 1 aliphatic heterocycles. The number of nitrogens with zero attached hydrogens (tertiary/aromatic N) is 1. The highest BCUT2D eigenvalue weighted by molar-refractivity contribution is 6.07. The number of hydrogen-bond donors (Lipinski definition) is 1. The van der Waals surface area contributed by atoms with Crippen LogP contribution < -0.4 is 10.1 Å². The minimum absolute atomic E-state index is 0.00948. The predicted molar refractivity (Wildman–Crippen MR) is 118 cm³/mol. The van der Waals surface area contributed by atoms with Crippen LogP contribution in [0.5, 0.6) is 5.75 Å². The van der Waals surface area contributed by atoms with E-state index in [4.69, 9.17) is 4.74 Å². The molecular weight excluding hydrogens is 376 g/mol. The standard InChI is InChI=1S/C25H26N2O3/c28-24(15-18-30-21-9-2-1-3-10-21)26-20-13-16-27(17-14-20)25(29)23-12-6-8-19-7-4-5-11-22(19)23/h1-12,20H,13-18H2,(H,26,28). The van der Waals surface area contributed by atoms with Gasteiger partial charge in [0.25, 0.3) is 5.91 Å². The minimum Gasteiger partial charge on any atom is -0.493 e. The lowest BCUT2D eigenvalue weighted by Crippen LogP contribution is -2.46. The van der Waals surface area contributed by atoms with Crippen molar-refractivity contribution in [2.45, 2.75) is 25.3 Å². The van der Waals surface area contributed by atoms with Gasteiger partial charge >= 0.3 is 0 Å². The molecule has 5 nitrogen and oxygen atoms in total. The van der Waals surface area contributed by atoms with Gasteiger partial charge in [-0.05, 0) is 41.8 Å². The molecule has 0 bridgehead atoms. The molecule has 154 valence electrons. The molecule has 30 heavy (non-hydrogen) atoms. The van der Waals surface area contributed by atoms with Crippen molar-refractivity contribution in [2.24, 2.45) is 0 Å². The Labute approximate surface area is 176 Å². The van der Waals surface area contributed by atoms with E-state index >= 15 is 0 Å². The fourth-order valence-corrected chi connectivity index (χ4v) is 3.89. The van der Waals surface area contributed by atoms with Gasteiger partial charge in [0.1, 0.15) is 5.75 Å². The number of benzene rings is 3. The summed E-state index contributed by atoms with van der Waals surface area (Å²) >= 11 is 0. The number of hydrogen-bond acceptors (Lipinski definition) is 3. The first-order valence-corrected chi connectivity index (χ1v) is 10.4. The summed E-state index contributed by atoms with van der Waals surface area (Å²) in [6, 6.07) is 23.4. The molecule has 0 atom stereocenters. The van der Waals surface area contributed by atoms with E-state index in [1.54, 1.807) is 0 Å². The molecule has 0 aliphatic carbocycles. The van der Waals surface area contributed by atoms with Crippen LogP contribution in [0.3, 0.4) is 0 Å². The van der Waals surface area contributed by atoms with Gasteiger partial charge in [-0.1, -0.05) is 54.6 Å². The second-order valence-corrected chi connectivity index (χ2v) is 7.57. The molecule has 1 aliphatic rings. The Morgan fingerprint density at radius 3 is 2.40 bits per heavy atom. The van der Waals surface area contributed by atoms with Crippen molar-refractivity contribution in [2.75, 3.05) is 19.7 Å². The van der Waals surface area contributed by atoms with Crippen molar-refractivity contribution in [1.82, 2.24) is 10.2 Å². The fraction of sp³-hybridized carbons (Fsp3) is 0.280. The van der Waals surface area contributed by atoms with Crippen molar-refractivity contribution in [3.8, 4) is 5.75 Å². The van der Waals surface area contributed by atoms with E-state index in [1.807, 2.05) is 77.7 Å². The molecule has 1 saturated heterocycles. The fourth-order valence-electron chi connectivity index (χ4n) is 3.89. The molecule has 1 N–H and O–H groups in total. The van der Waals surface area contributed by atoms with Crippen molar-refractivity contribution in [1.29, 1.82) is 0 Å².